The van der Waals surface area contributed by atoms with Crippen molar-refractivity contribution >= 4 is 39.9 Å². The molecule has 0 aliphatic carbocycles. The summed E-state index contributed by atoms with van der Waals surface area (Å²) in [7, 11) is 0. The molecule has 146 valence electrons. The Kier molecular flexibility index (Phi) is 5.08. The molecular weight excluding hydrogens is 386 g/mol. The summed E-state index contributed by atoms with van der Waals surface area (Å²) >= 11 is 1.36. The Hall–Kier alpha value is -3.18. The summed E-state index contributed by atoms with van der Waals surface area (Å²) < 4.78 is 10.5. The van der Waals surface area contributed by atoms with Crippen LogP contribution in [0.25, 0.3) is 0 Å². The first-order valence-electron chi connectivity index (χ1n) is 8.56. The van der Waals surface area contributed by atoms with Crippen molar-refractivity contribution in [3.8, 4) is 5.75 Å². The summed E-state index contributed by atoms with van der Waals surface area (Å²) in [6, 6.07) is 4.60. The van der Waals surface area contributed by atoms with Crippen molar-refractivity contribution in [1.29, 1.82) is 0 Å². The van der Waals surface area contributed by atoms with E-state index in [1.54, 1.807) is 11.4 Å². The zero-order valence-corrected chi connectivity index (χ0v) is 15.5. The molecule has 2 aromatic rings. The molecule has 4 rings (SSSR count). The number of hydrazine groups is 1. The van der Waals surface area contributed by atoms with Gasteiger partial charge in [-0.3, -0.25) is 25.2 Å². The molecule has 0 radical (unpaired) electrons. The van der Waals surface area contributed by atoms with Crippen LogP contribution in [0.2, 0.25) is 0 Å². The van der Waals surface area contributed by atoms with Crippen LogP contribution < -0.4 is 25.8 Å². The van der Waals surface area contributed by atoms with Gasteiger partial charge >= 0.3 is 0 Å². The molecule has 0 spiro atoms. The van der Waals surface area contributed by atoms with Gasteiger partial charge in [-0.1, -0.05) is 0 Å². The first-order valence-corrected chi connectivity index (χ1v) is 9.44. The number of benzene rings is 1. The number of thiazole rings is 1. The van der Waals surface area contributed by atoms with Crippen molar-refractivity contribution in [1.82, 2.24) is 15.8 Å². The second kappa shape index (κ2) is 7.82. The van der Waals surface area contributed by atoms with Gasteiger partial charge in [-0.2, -0.15) is 0 Å². The van der Waals surface area contributed by atoms with E-state index < -0.39 is 11.8 Å². The van der Waals surface area contributed by atoms with Crippen LogP contribution in [0.3, 0.4) is 0 Å². The standard InChI is InChI=1S/C17H17N5O5S/c23-14-8-27-13-2-1-10(7-11(13)18-14)15(24)20-21-16(25)12-9-28-17(19-12)22-3-5-26-6-4-22/h1-2,7,9H,3-6,8H2,(H,18,23)(H,20,24)(H,21,25). The van der Waals surface area contributed by atoms with Gasteiger partial charge in [0, 0.05) is 24.0 Å². The number of rotatable bonds is 3. The van der Waals surface area contributed by atoms with Crippen LogP contribution in [-0.4, -0.2) is 55.6 Å². The van der Waals surface area contributed by atoms with E-state index in [9.17, 15) is 14.4 Å². The lowest BCUT2D eigenvalue weighted by Gasteiger charge is -2.25. The molecule has 3 amide bonds. The Balaban J connectivity index is 1.36. The van der Waals surface area contributed by atoms with Gasteiger partial charge in [0.2, 0.25) is 0 Å². The molecule has 10 nitrogen and oxygen atoms in total. The minimum absolute atomic E-state index is 0.0608. The normalized spacial score (nSPS) is 15.9. The molecule has 2 aliphatic rings. The van der Waals surface area contributed by atoms with Gasteiger partial charge < -0.3 is 19.7 Å². The van der Waals surface area contributed by atoms with Gasteiger partial charge in [0.05, 0.1) is 18.9 Å². The Morgan fingerprint density at radius 2 is 1.96 bits per heavy atom. The summed E-state index contributed by atoms with van der Waals surface area (Å²) in [5.74, 6) is -0.852. The molecule has 1 aromatic heterocycles. The van der Waals surface area contributed by atoms with Crippen LogP contribution >= 0.6 is 11.3 Å². The number of ether oxygens (including phenoxy) is 2. The Labute approximate surface area is 163 Å². The zero-order chi connectivity index (χ0) is 19.5. The molecule has 1 fully saturated rings. The Bertz CT molecular complexity index is 924. The lowest BCUT2D eigenvalue weighted by Crippen LogP contribution is -2.42. The van der Waals surface area contributed by atoms with Crippen LogP contribution in [0.15, 0.2) is 23.6 Å². The average Bonchev–Trinajstić information content (AvgIpc) is 3.22. The van der Waals surface area contributed by atoms with Gasteiger partial charge in [0.15, 0.2) is 11.7 Å². The zero-order valence-electron chi connectivity index (χ0n) is 14.7. The average molecular weight is 403 g/mol. The first-order chi connectivity index (χ1) is 13.6. The monoisotopic (exact) mass is 403 g/mol. The highest BCUT2D eigenvalue weighted by Crippen LogP contribution is 2.28. The molecule has 0 bridgehead atoms. The highest BCUT2D eigenvalue weighted by atomic mass is 32.1. The van der Waals surface area contributed by atoms with Crippen molar-refractivity contribution in [3.63, 3.8) is 0 Å². The van der Waals surface area contributed by atoms with E-state index in [1.165, 1.54) is 23.5 Å². The van der Waals surface area contributed by atoms with Crippen LogP contribution in [0, 0.1) is 0 Å². The molecule has 1 aromatic carbocycles. The predicted octanol–water partition coefficient (Wildman–Crippen LogP) is 0.385. The number of nitrogens with one attached hydrogen (secondary N) is 3. The van der Waals surface area contributed by atoms with Gasteiger partial charge in [-0.15, -0.1) is 11.3 Å². The van der Waals surface area contributed by atoms with E-state index in [-0.39, 0.29) is 23.8 Å². The first kappa shape index (κ1) is 18.2. The number of anilines is 2. The highest BCUT2D eigenvalue weighted by molar-refractivity contribution is 7.13. The van der Waals surface area contributed by atoms with E-state index in [4.69, 9.17) is 9.47 Å². The highest BCUT2D eigenvalue weighted by Gasteiger charge is 2.20. The number of carbonyl (C=O) groups is 3. The third-order valence-corrected chi connectivity index (χ3v) is 5.07. The van der Waals surface area contributed by atoms with Crippen molar-refractivity contribution in [2.75, 3.05) is 43.1 Å². The topological polar surface area (TPSA) is 122 Å². The number of hydrogen-bond donors (Lipinski definition) is 3. The molecule has 3 heterocycles. The largest absolute Gasteiger partial charge is 0.482 e. The molecule has 3 N–H and O–H groups in total. The maximum absolute atomic E-state index is 12.3. The SMILES string of the molecule is O=C1COc2ccc(C(=O)NNC(=O)c3csc(N4CCOCC4)n3)cc2N1. The van der Waals surface area contributed by atoms with Gasteiger partial charge in [0.25, 0.3) is 17.7 Å². The number of carbonyl (C=O) groups excluding carboxylic acids is 3. The third-order valence-electron chi connectivity index (χ3n) is 4.17. The second-order valence-corrected chi connectivity index (χ2v) is 6.91. The minimum atomic E-state index is -0.528. The maximum Gasteiger partial charge on any atom is 0.289 e. The molecule has 28 heavy (non-hydrogen) atoms. The maximum atomic E-state index is 12.3. The van der Waals surface area contributed by atoms with Gasteiger partial charge in [0.1, 0.15) is 11.4 Å². The summed E-state index contributed by atoms with van der Waals surface area (Å²) in [4.78, 5) is 42.3. The molecule has 0 unspecified atom stereocenters. The Morgan fingerprint density at radius 1 is 1.18 bits per heavy atom. The lowest BCUT2D eigenvalue weighted by atomic mass is 10.1. The minimum Gasteiger partial charge on any atom is -0.482 e. The third kappa shape index (κ3) is 3.89. The van der Waals surface area contributed by atoms with Crippen LogP contribution in [0.5, 0.6) is 5.75 Å². The fourth-order valence-corrected chi connectivity index (χ4v) is 3.60. The summed E-state index contributed by atoms with van der Waals surface area (Å²) in [5.41, 5.74) is 5.58. The van der Waals surface area contributed by atoms with Gasteiger partial charge in [-0.25, -0.2) is 4.98 Å². The number of fused-ring (bicyclic) bond motifs is 1. The molecular formula is C17H17N5O5S. The number of nitrogens with zero attached hydrogens (tertiary/aromatic N) is 2. The van der Waals surface area contributed by atoms with E-state index in [2.05, 4.69) is 21.2 Å². The van der Waals surface area contributed by atoms with E-state index in [0.29, 0.717) is 24.7 Å². The molecule has 1 saturated heterocycles. The van der Waals surface area contributed by atoms with Crippen LogP contribution in [-0.2, 0) is 9.53 Å². The van der Waals surface area contributed by atoms with Crippen molar-refractivity contribution in [2.24, 2.45) is 0 Å². The van der Waals surface area contributed by atoms with E-state index >= 15 is 0 Å². The van der Waals surface area contributed by atoms with Crippen molar-refractivity contribution < 1.29 is 23.9 Å². The van der Waals surface area contributed by atoms with Crippen LogP contribution in [0.4, 0.5) is 10.8 Å². The van der Waals surface area contributed by atoms with E-state index in [1.807, 2.05) is 4.90 Å². The number of amides is 3. The fourth-order valence-electron chi connectivity index (χ4n) is 2.74. The Morgan fingerprint density at radius 3 is 2.79 bits per heavy atom. The molecule has 0 atom stereocenters. The molecule has 11 heteroatoms. The number of morpholine rings is 1. The summed E-state index contributed by atoms with van der Waals surface area (Å²) in [5, 5.41) is 5.00. The van der Waals surface area contributed by atoms with E-state index in [0.717, 1.165) is 18.2 Å². The summed E-state index contributed by atoms with van der Waals surface area (Å²) in [6.07, 6.45) is 0. The van der Waals surface area contributed by atoms with Crippen molar-refractivity contribution in [2.45, 2.75) is 0 Å². The van der Waals surface area contributed by atoms with Crippen LogP contribution in [0.1, 0.15) is 20.8 Å². The molecule has 2 aliphatic heterocycles. The lowest BCUT2D eigenvalue weighted by molar-refractivity contribution is -0.118. The predicted molar refractivity (Wildman–Crippen MR) is 101 cm³/mol. The second-order valence-electron chi connectivity index (χ2n) is 6.07. The number of aromatic nitrogens is 1. The van der Waals surface area contributed by atoms with Gasteiger partial charge in [-0.05, 0) is 18.2 Å². The number of hydrogen-bond acceptors (Lipinski definition) is 8. The quantitative estimate of drug-likeness (QED) is 0.634. The smallest absolute Gasteiger partial charge is 0.289 e. The van der Waals surface area contributed by atoms with Crippen molar-refractivity contribution in [3.05, 3.63) is 34.8 Å². The molecule has 0 saturated carbocycles. The summed E-state index contributed by atoms with van der Waals surface area (Å²) in [6.45, 7) is 2.65. The fraction of sp³-hybridized carbons (Fsp3) is 0.294.